The number of aromatic nitrogens is 3. The average molecular weight is 335 g/mol. The van der Waals surface area contributed by atoms with Gasteiger partial charge in [-0.1, -0.05) is 6.42 Å². The topological polar surface area (TPSA) is 95.1 Å². The molecule has 1 aliphatic heterocycles. The molecule has 1 aliphatic rings. The Bertz CT molecular complexity index is 762. The first-order valence-electron chi connectivity index (χ1n) is 7.77. The van der Waals surface area contributed by atoms with Gasteiger partial charge < -0.3 is 14.6 Å². The number of aryl methyl sites for hydroxylation is 1. The van der Waals surface area contributed by atoms with Crippen LogP contribution in [0.2, 0.25) is 0 Å². The van der Waals surface area contributed by atoms with Crippen LogP contribution in [0, 0.1) is 15.9 Å². The average Bonchev–Trinajstić information content (AvgIpc) is 2.79. The molecule has 0 amide bonds. The third kappa shape index (κ3) is 3.15. The third-order valence-corrected chi connectivity index (χ3v) is 4.09. The molecule has 0 unspecified atom stereocenters. The first-order chi connectivity index (χ1) is 11.6. The number of rotatable bonds is 5. The Hall–Kier alpha value is -2.71. The van der Waals surface area contributed by atoms with Crippen molar-refractivity contribution in [3.8, 4) is 5.75 Å². The minimum Gasteiger partial charge on any atom is -0.494 e. The molecule has 1 aromatic heterocycles. The van der Waals surface area contributed by atoms with E-state index in [0.717, 1.165) is 44.1 Å². The predicted octanol–water partition coefficient (Wildman–Crippen LogP) is 2.67. The normalized spacial score (nSPS) is 13.9. The molecule has 0 bridgehead atoms. The number of nitro groups is 1. The molecule has 1 aromatic carbocycles. The quantitative estimate of drug-likeness (QED) is 0.667. The van der Waals surface area contributed by atoms with Crippen LogP contribution in [0.3, 0.4) is 0 Å². The zero-order valence-corrected chi connectivity index (χ0v) is 13.3. The number of benzene rings is 1. The molecule has 0 saturated carbocycles. The number of hydrogen-bond donors (Lipinski definition) is 1. The molecule has 0 saturated heterocycles. The third-order valence-electron chi connectivity index (χ3n) is 4.09. The molecule has 0 aliphatic carbocycles. The lowest BCUT2D eigenvalue weighted by Gasteiger charge is -2.11. The maximum atomic E-state index is 13.7. The molecular formula is C15H18FN5O3. The van der Waals surface area contributed by atoms with Crippen molar-refractivity contribution in [2.24, 2.45) is 0 Å². The minimum atomic E-state index is -0.772. The van der Waals surface area contributed by atoms with Gasteiger partial charge in [0.2, 0.25) is 0 Å². The Morgan fingerprint density at radius 3 is 2.96 bits per heavy atom. The lowest BCUT2D eigenvalue weighted by molar-refractivity contribution is -0.384. The largest absolute Gasteiger partial charge is 0.494 e. The van der Waals surface area contributed by atoms with Gasteiger partial charge in [0, 0.05) is 19.0 Å². The van der Waals surface area contributed by atoms with Gasteiger partial charge in [-0.2, -0.15) is 0 Å². The minimum absolute atomic E-state index is 0.0526. The van der Waals surface area contributed by atoms with E-state index < -0.39 is 10.7 Å². The van der Waals surface area contributed by atoms with Crippen molar-refractivity contribution in [2.75, 3.05) is 12.4 Å². The number of methoxy groups -OCH3 is 1. The van der Waals surface area contributed by atoms with Crippen LogP contribution in [-0.2, 0) is 19.5 Å². The highest BCUT2D eigenvalue weighted by Crippen LogP contribution is 2.32. The fraction of sp³-hybridized carbons (Fsp3) is 0.467. The van der Waals surface area contributed by atoms with Crippen molar-refractivity contribution < 1.29 is 14.1 Å². The fourth-order valence-corrected chi connectivity index (χ4v) is 2.84. The smallest absolute Gasteiger partial charge is 0.295 e. The molecule has 0 spiro atoms. The second kappa shape index (κ2) is 6.81. The number of halogens is 1. The molecule has 0 radical (unpaired) electrons. The van der Waals surface area contributed by atoms with Crippen molar-refractivity contribution in [3.05, 3.63) is 39.7 Å². The Morgan fingerprint density at radius 2 is 2.21 bits per heavy atom. The molecule has 9 heteroatoms. The first-order valence-corrected chi connectivity index (χ1v) is 7.77. The molecule has 0 atom stereocenters. The van der Waals surface area contributed by atoms with Gasteiger partial charge in [0.15, 0.2) is 17.4 Å². The van der Waals surface area contributed by atoms with Crippen molar-refractivity contribution in [2.45, 2.75) is 38.8 Å². The Labute approximate surface area is 137 Å². The summed E-state index contributed by atoms with van der Waals surface area (Å²) in [5.74, 6) is 0.828. The summed E-state index contributed by atoms with van der Waals surface area (Å²) in [6.45, 7) is 1.11. The summed E-state index contributed by atoms with van der Waals surface area (Å²) in [6, 6.07) is 2.14. The second-order valence-electron chi connectivity index (χ2n) is 5.61. The van der Waals surface area contributed by atoms with Gasteiger partial charge >= 0.3 is 0 Å². The highest BCUT2D eigenvalue weighted by molar-refractivity contribution is 5.64. The van der Waals surface area contributed by atoms with Gasteiger partial charge in [-0.3, -0.25) is 10.1 Å². The van der Waals surface area contributed by atoms with Crippen LogP contribution in [0.4, 0.5) is 15.8 Å². The van der Waals surface area contributed by atoms with Gasteiger partial charge in [-0.05, 0) is 12.8 Å². The summed E-state index contributed by atoms with van der Waals surface area (Å²) >= 11 is 0. The number of hydrogen-bond acceptors (Lipinski definition) is 6. The molecule has 1 N–H and O–H groups in total. The maximum absolute atomic E-state index is 13.7. The number of nitro benzene ring substituents is 1. The summed E-state index contributed by atoms with van der Waals surface area (Å²) in [4.78, 5) is 10.5. The monoisotopic (exact) mass is 335 g/mol. The van der Waals surface area contributed by atoms with E-state index in [-0.39, 0.29) is 23.7 Å². The molecule has 2 aromatic rings. The fourth-order valence-electron chi connectivity index (χ4n) is 2.84. The lowest BCUT2D eigenvalue weighted by atomic mass is 10.2. The zero-order valence-electron chi connectivity index (χ0n) is 13.3. The van der Waals surface area contributed by atoms with E-state index >= 15 is 0 Å². The number of fused-ring (bicyclic) bond motifs is 1. The van der Waals surface area contributed by atoms with Crippen LogP contribution in [0.5, 0.6) is 5.75 Å². The van der Waals surface area contributed by atoms with E-state index in [4.69, 9.17) is 4.74 Å². The highest BCUT2D eigenvalue weighted by atomic mass is 19.1. The zero-order chi connectivity index (χ0) is 17.1. The highest BCUT2D eigenvalue weighted by Gasteiger charge is 2.20. The Kier molecular flexibility index (Phi) is 4.59. The predicted molar refractivity (Wildman–Crippen MR) is 84.5 cm³/mol. The van der Waals surface area contributed by atoms with E-state index in [1.54, 1.807) is 0 Å². The van der Waals surface area contributed by atoms with E-state index in [2.05, 4.69) is 15.5 Å². The molecule has 24 heavy (non-hydrogen) atoms. The van der Waals surface area contributed by atoms with E-state index in [1.807, 2.05) is 4.57 Å². The molecular weight excluding hydrogens is 317 g/mol. The molecule has 8 nitrogen and oxygen atoms in total. The van der Waals surface area contributed by atoms with Gasteiger partial charge in [0.1, 0.15) is 11.5 Å². The first kappa shape index (κ1) is 16.2. The summed E-state index contributed by atoms with van der Waals surface area (Å²) in [6.07, 6.45) is 4.18. The van der Waals surface area contributed by atoms with Crippen molar-refractivity contribution in [3.63, 3.8) is 0 Å². The van der Waals surface area contributed by atoms with Crippen molar-refractivity contribution in [1.29, 1.82) is 0 Å². The van der Waals surface area contributed by atoms with Gasteiger partial charge in [-0.25, -0.2) is 4.39 Å². The second-order valence-corrected chi connectivity index (χ2v) is 5.61. The van der Waals surface area contributed by atoms with Crippen LogP contribution in [0.15, 0.2) is 12.1 Å². The number of anilines is 1. The lowest BCUT2D eigenvalue weighted by Crippen LogP contribution is -2.11. The summed E-state index contributed by atoms with van der Waals surface area (Å²) in [5.41, 5.74) is -0.159. The van der Waals surface area contributed by atoms with Gasteiger partial charge in [0.05, 0.1) is 24.6 Å². The van der Waals surface area contributed by atoms with Crippen LogP contribution >= 0.6 is 0 Å². The van der Waals surface area contributed by atoms with Crippen molar-refractivity contribution in [1.82, 2.24) is 14.8 Å². The summed E-state index contributed by atoms with van der Waals surface area (Å²) in [7, 11) is 1.31. The number of ether oxygens (including phenoxy) is 1. The number of nitrogens with one attached hydrogen (secondary N) is 1. The van der Waals surface area contributed by atoms with Gasteiger partial charge in [0.25, 0.3) is 5.69 Å². The standard InChI is InChI=1S/C15H18FN5O3/c1-24-13-8-11(12(21(22)23)7-10(13)16)17-9-15-19-18-14-5-3-2-4-6-20(14)15/h7-8,17H,2-6,9H2,1H3. The Balaban J connectivity index is 1.84. The summed E-state index contributed by atoms with van der Waals surface area (Å²) < 4.78 is 20.6. The molecule has 3 rings (SSSR count). The molecule has 2 heterocycles. The van der Waals surface area contributed by atoms with E-state index in [1.165, 1.54) is 13.2 Å². The molecule has 128 valence electrons. The van der Waals surface area contributed by atoms with Crippen LogP contribution in [0.1, 0.15) is 30.9 Å². The Morgan fingerprint density at radius 1 is 1.38 bits per heavy atom. The maximum Gasteiger partial charge on any atom is 0.295 e. The van der Waals surface area contributed by atoms with Crippen LogP contribution in [0.25, 0.3) is 0 Å². The summed E-state index contributed by atoms with van der Waals surface area (Å²) in [5, 5.41) is 22.4. The van der Waals surface area contributed by atoms with E-state index in [0.29, 0.717) is 5.82 Å². The van der Waals surface area contributed by atoms with Crippen LogP contribution < -0.4 is 10.1 Å². The van der Waals surface area contributed by atoms with E-state index in [9.17, 15) is 14.5 Å². The van der Waals surface area contributed by atoms with Crippen LogP contribution in [-0.4, -0.2) is 26.8 Å². The number of nitrogens with zero attached hydrogens (tertiary/aromatic N) is 4. The van der Waals surface area contributed by atoms with Gasteiger partial charge in [-0.15, -0.1) is 10.2 Å². The van der Waals surface area contributed by atoms with Crippen molar-refractivity contribution >= 4 is 11.4 Å². The molecule has 0 fully saturated rings. The SMILES string of the molecule is COc1cc(NCc2nnc3n2CCCCC3)c([N+](=O)[O-])cc1F.